The van der Waals surface area contributed by atoms with Crippen molar-refractivity contribution in [1.82, 2.24) is 5.32 Å². The molecule has 120 valence electrons. The van der Waals surface area contributed by atoms with Crippen LogP contribution in [-0.4, -0.2) is 18.8 Å². The van der Waals surface area contributed by atoms with E-state index in [1.54, 1.807) is 6.07 Å². The van der Waals surface area contributed by atoms with E-state index in [0.717, 1.165) is 21.4 Å². The van der Waals surface area contributed by atoms with Gasteiger partial charge in [-0.05, 0) is 29.9 Å². The predicted octanol–water partition coefficient (Wildman–Crippen LogP) is 4.65. The molecule has 1 saturated heterocycles. The monoisotopic (exact) mass is 329 g/mol. The highest BCUT2D eigenvalue weighted by atomic mass is 32.1. The Bertz CT molecular complexity index is 634. The van der Waals surface area contributed by atoms with Crippen LogP contribution in [0.5, 0.6) is 0 Å². The quantitative estimate of drug-likeness (QED) is 0.885. The number of benzene rings is 1. The molecule has 2 nitrogen and oxygen atoms in total. The van der Waals surface area contributed by atoms with E-state index in [2.05, 4.69) is 5.32 Å². The standard InChI is InChI=1S/C16H18F3NOS/c1-10(2)7-12-9-21-15(20-12,16(17,18)19)14-8-11-5-3-4-6-13(11)22-14/h3-6,8,10,12,20H,7,9H2,1-2H3. The first-order chi connectivity index (χ1) is 10.3. The summed E-state index contributed by atoms with van der Waals surface area (Å²) in [5.74, 6) is 0.313. The highest BCUT2D eigenvalue weighted by Crippen LogP contribution is 2.47. The molecule has 0 radical (unpaired) electrons. The molecule has 22 heavy (non-hydrogen) atoms. The van der Waals surface area contributed by atoms with Crippen LogP contribution in [0.15, 0.2) is 30.3 Å². The zero-order valence-electron chi connectivity index (χ0n) is 12.4. The normalized spacial score (nSPS) is 26.2. The van der Waals surface area contributed by atoms with Gasteiger partial charge in [0.05, 0.1) is 11.5 Å². The Hall–Kier alpha value is -1.11. The lowest BCUT2D eigenvalue weighted by Crippen LogP contribution is -2.52. The largest absolute Gasteiger partial charge is 0.436 e. The van der Waals surface area contributed by atoms with Crippen molar-refractivity contribution in [1.29, 1.82) is 0 Å². The molecule has 6 heteroatoms. The minimum Gasteiger partial charge on any atom is -0.346 e. The number of fused-ring (bicyclic) bond motifs is 1. The predicted molar refractivity (Wildman–Crippen MR) is 81.9 cm³/mol. The summed E-state index contributed by atoms with van der Waals surface area (Å²) in [6.07, 6.45) is -3.84. The zero-order chi connectivity index (χ0) is 16.0. The number of alkyl halides is 3. The topological polar surface area (TPSA) is 21.3 Å². The minimum absolute atomic E-state index is 0.0753. The van der Waals surface area contributed by atoms with Crippen LogP contribution in [-0.2, 0) is 10.5 Å². The second-order valence-electron chi connectivity index (χ2n) is 6.11. The molecule has 1 aromatic heterocycles. The lowest BCUT2D eigenvalue weighted by atomic mass is 10.0. The molecule has 0 saturated carbocycles. The highest BCUT2D eigenvalue weighted by molar-refractivity contribution is 7.19. The Balaban J connectivity index is 2.00. The van der Waals surface area contributed by atoms with E-state index in [-0.39, 0.29) is 17.5 Å². The Morgan fingerprint density at radius 3 is 2.73 bits per heavy atom. The Labute approximate surface area is 131 Å². The van der Waals surface area contributed by atoms with Gasteiger partial charge in [-0.2, -0.15) is 13.2 Å². The molecule has 1 aromatic carbocycles. The van der Waals surface area contributed by atoms with Crippen LogP contribution < -0.4 is 5.32 Å². The Morgan fingerprint density at radius 2 is 2.09 bits per heavy atom. The lowest BCUT2D eigenvalue weighted by Gasteiger charge is -2.30. The molecule has 1 aliphatic heterocycles. The van der Waals surface area contributed by atoms with Gasteiger partial charge >= 0.3 is 6.18 Å². The molecule has 1 N–H and O–H groups in total. The average molecular weight is 329 g/mol. The molecular weight excluding hydrogens is 311 g/mol. The summed E-state index contributed by atoms with van der Waals surface area (Å²) >= 11 is 1.13. The average Bonchev–Trinajstić information content (AvgIpc) is 3.01. The fourth-order valence-electron chi connectivity index (χ4n) is 2.89. The first-order valence-corrected chi connectivity index (χ1v) is 8.11. The number of thiophene rings is 1. The van der Waals surface area contributed by atoms with E-state index >= 15 is 0 Å². The lowest BCUT2D eigenvalue weighted by molar-refractivity contribution is -0.276. The van der Waals surface area contributed by atoms with E-state index < -0.39 is 11.9 Å². The van der Waals surface area contributed by atoms with Crippen LogP contribution >= 0.6 is 11.3 Å². The summed E-state index contributed by atoms with van der Waals surface area (Å²) in [6.45, 7) is 4.06. The van der Waals surface area contributed by atoms with Crippen LogP contribution in [0.25, 0.3) is 10.1 Å². The van der Waals surface area contributed by atoms with Gasteiger partial charge in [0.15, 0.2) is 0 Å². The second-order valence-corrected chi connectivity index (χ2v) is 7.19. The van der Waals surface area contributed by atoms with Gasteiger partial charge in [-0.25, -0.2) is 0 Å². The van der Waals surface area contributed by atoms with Crippen LogP contribution in [0, 0.1) is 5.92 Å². The minimum atomic E-state index is -4.50. The van der Waals surface area contributed by atoms with Gasteiger partial charge in [-0.3, -0.25) is 5.32 Å². The first kappa shape index (κ1) is 15.8. The van der Waals surface area contributed by atoms with Crippen LogP contribution in [0.2, 0.25) is 0 Å². The van der Waals surface area contributed by atoms with Gasteiger partial charge in [-0.15, -0.1) is 11.3 Å². The van der Waals surface area contributed by atoms with Crippen molar-refractivity contribution < 1.29 is 17.9 Å². The molecule has 2 aromatic rings. The molecule has 1 fully saturated rings. The fourth-order valence-corrected chi connectivity index (χ4v) is 4.08. The van der Waals surface area contributed by atoms with Gasteiger partial charge in [0.25, 0.3) is 5.72 Å². The highest BCUT2D eigenvalue weighted by Gasteiger charge is 2.62. The van der Waals surface area contributed by atoms with Crippen molar-refractivity contribution >= 4 is 21.4 Å². The van der Waals surface area contributed by atoms with E-state index in [1.165, 1.54) is 0 Å². The van der Waals surface area contributed by atoms with Crippen molar-refractivity contribution in [2.45, 2.75) is 38.2 Å². The van der Waals surface area contributed by atoms with Gasteiger partial charge in [0, 0.05) is 10.7 Å². The third kappa shape index (κ3) is 2.64. The molecule has 2 heterocycles. The van der Waals surface area contributed by atoms with E-state index in [1.807, 2.05) is 38.1 Å². The number of rotatable bonds is 3. The summed E-state index contributed by atoms with van der Waals surface area (Å²) in [6, 6.07) is 8.59. The van der Waals surface area contributed by atoms with E-state index in [9.17, 15) is 13.2 Å². The van der Waals surface area contributed by atoms with Crippen molar-refractivity contribution in [3.05, 3.63) is 35.2 Å². The second kappa shape index (κ2) is 5.51. The number of hydrogen-bond donors (Lipinski definition) is 1. The molecule has 0 spiro atoms. The van der Waals surface area contributed by atoms with Crippen molar-refractivity contribution in [3.8, 4) is 0 Å². The fraction of sp³-hybridized carbons (Fsp3) is 0.500. The molecule has 0 aliphatic carbocycles. The summed E-state index contributed by atoms with van der Waals surface area (Å²) in [5.41, 5.74) is -2.38. The smallest absolute Gasteiger partial charge is 0.346 e. The molecule has 0 amide bonds. The SMILES string of the molecule is CC(C)CC1COC(c2cc3ccccc3s2)(C(F)(F)F)N1. The third-order valence-electron chi connectivity index (χ3n) is 3.84. The maximum absolute atomic E-state index is 13.8. The van der Waals surface area contributed by atoms with Crippen molar-refractivity contribution in [2.75, 3.05) is 6.61 Å². The van der Waals surface area contributed by atoms with Crippen molar-refractivity contribution in [2.24, 2.45) is 5.92 Å². The molecule has 2 atom stereocenters. The zero-order valence-corrected chi connectivity index (χ0v) is 13.2. The number of nitrogens with one attached hydrogen (secondary N) is 1. The number of ether oxygens (including phenoxy) is 1. The van der Waals surface area contributed by atoms with Gasteiger partial charge in [0.2, 0.25) is 0 Å². The van der Waals surface area contributed by atoms with E-state index in [0.29, 0.717) is 12.3 Å². The van der Waals surface area contributed by atoms with Gasteiger partial charge < -0.3 is 4.74 Å². The number of halogens is 3. The first-order valence-electron chi connectivity index (χ1n) is 7.29. The summed E-state index contributed by atoms with van der Waals surface area (Å²) in [7, 11) is 0. The number of hydrogen-bond acceptors (Lipinski definition) is 3. The summed E-state index contributed by atoms with van der Waals surface area (Å²) < 4.78 is 47.4. The molecule has 2 unspecified atom stereocenters. The maximum atomic E-state index is 13.8. The van der Waals surface area contributed by atoms with E-state index in [4.69, 9.17) is 4.74 Å². The summed E-state index contributed by atoms with van der Waals surface area (Å²) in [4.78, 5) is 0.174. The van der Waals surface area contributed by atoms with Crippen LogP contribution in [0.3, 0.4) is 0 Å². The maximum Gasteiger partial charge on any atom is 0.436 e. The Morgan fingerprint density at radius 1 is 1.36 bits per heavy atom. The summed E-state index contributed by atoms with van der Waals surface area (Å²) in [5, 5.41) is 3.53. The van der Waals surface area contributed by atoms with Gasteiger partial charge in [0.1, 0.15) is 0 Å². The molecule has 1 aliphatic rings. The van der Waals surface area contributed by atoms with Gasteiger partial charge in [-0.1, -0.05) is 32.0 Å². The Kier molecular flexibility index (Phi) is 3.95. The van der Waals surface area contributed by atoms with Crippen molar-refractivity contribution in [3.63, 3.8) is 0 Å². The molecule has 3 rings (SSSR count). The van der Waals surface area contributed by atoms with Crippen LogP contribution in [0.4, 0.5) is 13.2 Å². The molecule has 0 bridgehead atoms. The molecular formula is C16H18F3NOS. The third-order valence-corrected chi connectivity index (χ3v) is 5.05. The van der Waals surface area contributed by atoms with Crippen LogP contribution in [0.1, 0.15) is 25.1 Å².